The Morgan fingerprint density at radius 3 is 2.48 bits per heavy atom. The van der Waals surface area contributed by atoms with Crippen LogP contribution in [0.5, 0.6) is 0 Å². The number of piperidine rings is 1. The number of methoxy groups -OCH3 is 1. The molecular weight excluding hydrogens is 268 g/mol. The molecule has 0 aromatic rings. The number of amides is 1. The molecule has 1 amide bonds. The van der Waals surface area contributed by atoms with Crippen LogP contribution in [0, 0.1) is 11.3 Å². The van der Waals surface area contributed by atoms with Crippen molar-refractivity contribution in [2.75, 3.05) is 34.3 Å². The fourth-order valence-corrected chi connectivity index (χ4v) is 3.17. The van der Waals surface area contributed by atoms with Gasteiger partial charge in [-0.3, -0.25) is 14.5 Å². The summed E-state index contributed by atoms with van der Waals surface area (Å²) in [4.78, 5) is 28.5. The molecule has 0 aliphatic carbocycles. The molecule has 0 radical (unpaired) electrons. The number of rotatable bonds is 5. The molecule has 0 saturated carbocycles. The van der Waals surface area contributed by atoms with E-state index < -0.39 is 5.41 Å². The van der Waals surface area contributed by atoms with Crippen molar-refractivity contribution in [1.82, 2.24) is 9.80 Å². The highest BCUT2D eigenvalue weighted by Gasteiger charge is 2.41. The zero-order chi connectivity index (χ0) is 16.2. The molecular formula is C16H30N2O3. The molecule has 5 nitrogen and oxygen atoms in total. The fourth-order valence-electron chi connectivity index (χ4n) is 3.17. The Bertz CT molecular complexity index is 380. The zero-order valence-corrected chi connectivity index (χ0v) is 14.3. The van der Waals surface area contributed by atoms with Crippen molar-refractivity contribution < 1.29 is 14.3 Å². The van der Waals surface area contributed by atoms with Gasteiger partial charge >= 0.3 is 5.97 Å². The number of hydrogen-bond acceptors (Lipinski definition) is 4. The van der Waals surface area contributed by atoms with Crippen molar-refractivity contribution in [3.8, 4) is 0 Å². The molecule has 1 fully saturated rings. The lowest BCUT2D eigenvalue weighted by Crippen LogP contribution is -2.52. The standard InChI is InChI=1S/C16H30N2O3/c1-7-13(17(4)5)14(19)18-10-8-9-12(11-18)16(2,3)15(20)21-6/h12-13H,7-11H2,1-6H3/t12-,13+/m0/s1. The molecule has 1 rings (SSSR count). The quantitative estimate of drug-likeness (QED) is 0.726. The van der Waals surface area contributed by atoms with Crippen LogP contribution < -0.4 is 0 Å². The summed E-state index contributed by atoms with van der Waals surface area (Å²) in [5.41, 5.74) is -0.548. The van der Waals surface area contributed by atoms with E-state index in [1.807, 2.05) is 44.7 Å². The second-order valence-corrected chi connectivity index (χ2v) is 6.72. The zero-order valence-electron chi connectivity index (χ0n) is 14.3. The van der Waals surface area contributed by atoms with Crippen LogP contribution in [0.1, 0.15) is 40.0 Å². The van der Waals surface area contributed by atoms with Crippen molar-refractivity contribution in [2.24, 2.45) is 11.3 Å². The van der Waals surface area contributed by atoms with Gasteiger partial charge in [0.25, 0.3) is 0 Å². The molecule has 0 N–H and O–H groups in total. The molecule has 5 heteroatoms. The van der Waals surface area contributed by atoms with Gasteiger partial charge in [0.2, 0.25) is 5.91 Å². The summed E-state index contributed by atoms with van der Waals surface area (Å²) in [5, 5.41) is 0. The van der Waals surface area contributed by atoms with Crippen molar-refractivity contribution >= 4 is 11.9 Å². The molecule has 0 unspecified atom stereocenters. The number of esters is 1. The third-order valence-electron chi connectivity index (χ3n) is 4.76. The number of likely N-dealkylation sites (N-methyl/N-ethyl adjacent to an activating group) is 1. The average molecular weight is 298 g/mol. The Morgan fingerprint density at radius 1 is 1.38 bits per heavy atom. The van der Waals surface area contributed by atoms with Crippen molar-refractivity contribution in [2.45, 2.75) is 46.1 Å². The summed E-state index contributed by atoms with van der Waals surface area (Å²) in [6.07, 6.45) is 2.71. The number of carbonyl (C=O) groups excluding carboxylic acids is 2. The van der Waals surface area contributed by atoms with Crippen LogP contribution in [0.15, 0.2) is 0 Å². The van der Waals surface area contributed by atoms with Crippen LogP contribution in [0.2, 0.25) is 0 Å². The normalized spacial score (nSPS) is 21.3. The minimum atomic E-state index is -0.548. The highest BCUT2D eigenvalue weighted by Crippen LogP contribution is 2.35. The van der Waals surface area contributed by atoms with E-state index in [-0.39, 0.29) is 23.8 Å². The Morgan fingerprint density at radius 2 is 2.00 bits per heavy atom. The van der Waals surface area contributed by atoms with E-state index in [0.717, 1.165) is 25.8 Å². The third-order valence-corrected chi connectivity index (χ3v) is 4.76. The van der Waals surface area contributed by atoms with Gasteiger partial charge < -0.3 is 9.64 Å². The number of carbonyl (C=O) groups is 2. The Labute approximate surface area is 128 Å². The molecule has 122 valence electrons. The van der Waals surface area contributed by atoms with Gasteiger partial charge in [-0.05, 0) is 53.1 Å². The molecule has 0 spiro atoms. The number of ether oxygens (including phenoxy) is 1. The maximum atomic E-state index is 12.7. The molecule has 1 aliphatic rings. The minimum absolute atomic E-state index is 0.0787. The summed E-state index contributed by atoms with van der Waals surface area (Å²) in [7, 11) is 5.30. The van der Waals surface area contributed by atoms with Crippen LogP contribution in [0.3, 0.4) is 0 Å². The van der Waals surface area contributed by atoms with Crippen LogP contribution in [-0.4, -0.2) is 62.0 Å². The van der Waals surface area contributed by atoms with Crippen molar-refractivity contribution in [1.29, 1.82) is 0 Å². The van der Waals surface area contributed by atoms with Gasteiger partial charge in [-0.1, -0.05) is 6.92 Å². The molecule has 0 aromatic carbocycles. The Hall–Kier alpha value is -1.10. The minimum Gasteiger partial charge on any atom is -0.469 e. The predicted octanol–water partition coefficient (Wildman–Crippen LogP) is 1.76. The van der Waals surface area contributed by atoms with Gasteiger partial charge in [-0.15, -0.1) is 0 Å². The maximum absolute atomic E-state index is 12.7. The molecule has 1 saturated heterocycles. The van der Waals surface area contributed by atoms with Crippen LogP contribution in [0.25, 0.3) is 0 Å². The summed E-state index contributed by atoms with van der Waals surface area (Å²) < 4.78 is 4.92. The fraction of sp³-hybridized carbons (Fsp3) is 0.875. The first-order valence-corrected chi connectivity index (χ1v) is 7.79. The van der Waals surface area contributed by atoms with E-state index in [1.165, 1.54) is 7.11 Å². The summed E-state index contributed by atoms with van der Waals surface area (Å²) >= 11 is 0. The van der Waals surface area contributed by atoms with Gasteiger partial charge in [0.15, 0.2) is 0 Å². The SMILES string of the molecule is CC[C@H](C(=O)N1CCC[C@H](C(C)(C)C(=O)OC)C1)N(C)C. The van der Waals surface area contributed by atoms with E-state index in [1.54, 1.807) is 0 Å². The second-order valence-electron chi connectivity index (χ2n) is 6.72. The molecule has 2 atom stereocenters. The monoisotopic (exact) mass is 298 g/mol. The second kappa shape index (κ2) is 7.25. The van der Waals surface area contributed by atoms with Gasteiger partial charge in [0.05, 0.1) is 18.6 Å². The molecule has 1 heterocycles. The van der Waals surface area contributed by atoms with E-state index in [9.17, 15) is 9.59 Å². The van der Waals surface area contributed by atoms with Crippen LogP contribution in [0.4, 0.5) is 0 Å². The Kier molecular flexibility index (Phi) is 6.20. The lowest BCUT2D eigenvalue weighted by Gasteiger charge is -2.41. The van der Waals surface area contributed by atoms with E-state index in [4.69, 9.17) is 4.74 Å². The van der Waals surface area contributed by atoms with Crippen LogP contribution in [-0.2, 0) is 14.3 Å². The van der Waals surface area contributed by atoms with E-state index >= 15 is 0 Å². The third kappa shape index (κ3) is 3.96. The molecule has 0 aromatic heterocycles. The lowest BCUT2D eigenvalue weighted by molar-refractivity contribution is -0.157. The Balaban J connectivity index is 2.81. The summed E-state index contributed by atoms with van der Waals surface area (Å²) in [6.45, 7) is 7.30. The topological polar surface area (TPSA) is 49.9 Å². The van der Waals surface area contributed by atoms with Crippen molar-refractivity contribution in [3.63, 3.8) is 0 Å². The number of nitrogens with zero attached hydrogens (tertiary/aromatic N) is 2. The predicted molar refractivity (Wildman–Crippen MR) is 82.9 cm³/mol. The first-order chi connectivity index (χ1) is 9.75. The van der Waals surface area contributed by atoms with E-state index in [0.29, 0.717) is 6.54 Å². The van der Waals surface area contributed by atoms with E-state index in [2.05, 4.69) is 0 Å². The van der Waals surface area contributed by atoms with Gasteiger partial charge in [-0.2, -0.15) is 0 Å². The van der Waals surface area contributed by atoms with Gasteiger partial charge in [0.1, 0.15) is 0 Å². The van der Waals surface area contributed by atoms with Crippen molar-refractivity contribution in [3.05, 3.63) is 0 Å². The lowest BCUT2D eigenvalue weighted by atomic mass is 9.74. The summed E-state index contributed by atoms with van der Waals surface area (Å²) in [6, 6.07) is -0.0787. The number of hydrogen-bond donors (Lipinski definition) is 0. The smallest absolute Gasteiger partial charge is 0.311 e. The first kappa shape index (κ1) is 18.0. The van der Waals surface area contributed by atoms with Gasteiger partial charge in [-0.25, -0.2) is 0 Å². The molecule has 21 heavy (non-hydrogen) atoms. The highest BCUT2D eigenvalue weighted by atomic mass is 16.5. The van der Waals surface area contributed by atoms with Gasteiger partial charge in [0, 0.05) is 13.1 Å². The average Bonchev–Trinajstić information content (AvgIpc) is 2.46. The largest absolute Gasteiger partial charge is 0.469 e. The first-order valence-electron chi connectivity index (χ1n) is 7.79. The summed E-state index contributed by atoms with van der Waals surface area (Å²) in [5.74, 6) is 0.136. The number of likely N-dealkylation sites (tertiary alicyclic amines) is 1. The maximum Gasteiger partial charge on any atom is 0.311 e. The van der Waals surface area contributed by atoms with Crippen LogP contribution >= 0.6 is 0 Å². The molecule has 1 aliphatic heterocycles. The highest BCUT2D eigenvalue weighted by molar-refractivity contribution is 5.82. The molecule has 0 bridgehead atoms.